The summed E-state index contributed by atoms with van der Waals surface area (Å²) in [5.74, 6) is 0.493. The van der Waals surface area contributed by atoms with Crippen molar-refractivity contribution in [2.75, 3.05) is 6.54 Å². The summed E-state index contributed by atoms with van der Waals surface area (Å²) in [5.41, 5.74) is -0.547. The fraction of sp³-hybridized carbons (Fsp3) is 0.625. The van der Waals surface area contributed by atoms with Gasteiger partial charge in [0.2, 0.25) is 0 Å². The van der Waals surface area contributed by atoms with Gasteiger partial charge >= 0.3 is 5.97 Å². The van der Waals surface area contributed by atoms with Crippen LogP contribution in [0.3, 0.4) is 0 Å². The number of nitrogens with zero attached hydrogens (tertiary/aromatic N) is 1. The Labute approximate surface area is 125 Å². The SMILES string of the molecule is CCc1ccc(C(=O)N2CCC[C@H]2C(=O)OC(C)(C)C)o1. The third-order valence-electron chi connectivity index (χ3n) is 3.41. The summed E-state index contributed by atoms with van der Waals surface area (Å²) in [6.45, 7) is 8.00. The lowest BCUT2D eigenvalue weighted by Crippen LogP contribution is -2.43. The highest BCUT2D eigenvalue weighted by atomic mass is 16.6. The number of esters is 1. The molecule has 0 radical (unpaired) electrons. The normalized spacial score (nSPS) is 18.9. The standard InChI is InChI=1S/C16H23NO4/c1-5-11-8-9-13(20-11)14(18)17-10-6-7-12(17)15(19)21-16(2,3)4/h8-9,12H,5-7,10H2,1-4H3/t12-/m0/s1. The minimum absolute atomic E-state index is 0.233. The average Bonchev–Trinajstić information content (AvgIpc) is 3.05. The molecule has 1 atom stereocenters. The van der Waals surface area contributed by atoms with Gasteiger partial charge in [-0.2, -0.15) is 0 Å². The van der Waals surface area contributed by atoms with E-state index in [-0.39, 0.29) is 11.9 Å². The van der Waals surface area contributed by atoms with E-state index in [0.29, 0.717) is 18.7 Å². The molecule has 0 aliphatic carbocycles. The Balaban J connectivity index is 2.11. The van der Waals surface area contributed by atoms with Gasteiger partial charge in [-0.3, -0.25) is 4.79 Å². The number of hydrogen-bond donors (Lipinski definition) is 0. The number of ether oxygens (including phenoxy) is 1. The summed E-state index contributed by atoms with van der Waals surface area (Å²) >= 11 is 0. The molecule has 0 spiro atoms. The zero-order valence-corrected chi connectivity index (χ0v) is 13.1. The van der Waals surface area contributed by atoms with Crippen molar-refractivity contribution >= 4 is 11.9 Å². The van der Waals surface area contributed by atoms with Crippen molar-refractivity contribution in [3.8, 4) is 0 Å². The topological polar surface area (TPSA) is 59.8 Å². The summed E-state index contributed by atoms with van der Waals surface area (Å²) in [7, 11) is 0. The summed E-state index contributed by atoms with van der Waals surface area (Å²) in [4.78, 5) is 26.3. The Bertz CT molecular complexity index is 527. The van der Waals surface area contributed by atoms with E-state index in [2.05, 4.69) is 0 Å². The summed E-state index contributed by atoms with van der Waals surface area (Å²) < 4.78 is 10.9. The number of amides is 1. The molecule has 1 aromatic heterocycles. The molecule has 0 bridgehead atoms. The Hall–Kier alpha value is -1.78. The first-order valence-corrected chi connectivity index (χ1v) is 7.44. The molecule has 1 aliphatic heterocycles. The largest absolute Gasteiger partial charge is 0.458 e. The average molecular weight is 293 g/mol. The molecular formula is C16H23NO4. The van der Waals surface area contributed by atoms with Crippen molar-refractivity contribution in [2.24, 2.45) is 0 Å². The Morgan fingerprint density at radius 1 is 1.38 bits per heavy atom. The van der Waals surface area contributed by atoms with E-state index in [1.807, 2.05) is 27.7 Å². The van der Waals surface area contributed by atoms with Crippen LogP contribution in [0.4, 0.5) is 0 Å². The van der Waals surface area contributed by atoms with Crippen molar-refractivity contribution < 1.29 is 18.7 Å². The Morgan fingerprint density at radius 2 is 2.10 bits per heavy atom. The predicted molar refractivity (Wildman–Crippen MR) is 78.0 cm³/mol. The van der Waals surface area contributed by atoms with E-state index < -0.39 is 11.6 Å². The van der Waals surface area contributed by atoms with Crippen molar-refractivity contribution in [1.82, 2.24) is 4.90 Å². The molecule has 21 heavy (non-hydrogen) atoms. The molecular weight excluding hydrogens is 270 g/mol. The lowest BCUT2D eigenvalue weighted by Gasteiger charge is -2.26. The first kappa shape index (κ1) is 15.6. The van der Waals surface area contributed by atoms with Crippen LogP contribution in [0.1, 0.15) is 56.9 Å². The van der Waals surface area contributed by atoms with Crippen LogP contribution in [0.25, 0.3) is 0 Å². The third-order valence-corrected chi connectivity index (χ3v) is 3.41. The second kappa shape index (κ2) is 5.92. The molecule has 0 saturated carbocycles. The molecule has 1 fully saturated rings. The second-order valence-electron chi connectivity index (χ2n) is 6.31. The zero-order chi connectivity index (χ0) is 15.6. The molecule has 0 aromatic carbocycles. The molecule has 1 aliphatic rings. The summed E-state index contributed by atoms with van der Waals surface area (Å²) in [5, 5.41) is 0. The second-order valence-corrected chi connectivity index (χ2v) is 6.31. The minimum Gasteiger partial charge on any atom is -0.458 e. The number of aryl methyl sites for hydroxylation is 1. The smallest absolute Gasteiger partial charge is 0.329 e. The van der Waals surface area contributed by atoms with E-state index in [1.165, 1.54) is 0 Å². The highest BCUT2D eigenvalue weighted by Crippen LogP contribution is 2.24. The van der Waals surface area contributed by atoms with Crippen LogP contribution in [0.5, 0.6) is 0 Å². The third kappa shape index (κ3) is 3.65. The maximum Gasteiger partial charge on any atom is 0.329 e. The highest BCUT2D eigenvalue weighted by Gasteiger charge is 2.38. The van der Waals surface area contributed by atoms with E-state index in [9.17, 15) is 9.59 Å². The van der Waals surface area contributed by atoms with E-state index in [0.717, 1.165) is 18.6 Å². The van der Waals surface area contributed by atoms with E-state index in [4.69, 9.17) is 9.15 Å². The number of furan rings is 1. The van der Waals surface area contributed by atoms with Crippen molar-refractivity contribution in [1.29, 1.82) is 0 Å². The minimum atomic E-state index is -0.547. The quantitative estimate of drug-likeness (QED) is 0.804. The number of carbonyl (C=O) groups is 2. The molecule has 2 rings (SSSR count). The number of rotatable bonds is 3. The van der Waals surface area contributed by atoms with Gasteiger partial charge in [0.05, 0.1) is 0 Å². The van der Waals surface area contributed by atoms with Gasteiger partial charge in [-0.15, -0.1) is 0 Å². The molecule has 0 unspecified atom stereocenters. The van der Waals surface area contributed by atoms with Gasteiger partial charge in [-0.25, -0.2) is 4.79 Å². The van der Waals surface area contributed by atoms with Crippen LogP contribution in [0.2, 0.25) is 0 Å². The van der Waals surface area contributed by atoms with Crippen LogP contribution in [0, 0.1) is 0 Å². The first-order valence-electron chi connectivity index (χ1n) is 7.44. The van der Waals surface area contributed by atoms with E-state index >= 15 is 0 Å². The monoisotopic (exact) mass is 293 g/mol. The van der Waals surface area contributed by atoms with Crippen LogP contribution in [0.15, 0.2) is 16.5 Å². The lowest BCUT2D eigenvalue weighted by molar-refractivity contribution is -0.159. The van der Waals surface area contributed by atoms with Gasteiger partial charge in [0.1, 0.15) is 17.4 Å². The molecule has 1 amide bonds. The van der Waals surface area contributed by atoms with Crippen molar-refractivity contribution in [3.63, 3.8) is 0 Å². The first-order chi connectivity index (χ1) is 9.81. The summed E-state index contributed by atoms with van der Waals surface area (Å²) in [6, 6.07) is 2.96. The van der Waals surface area contributed by atoms with Crippen LogP contribution >= 0.6 is 0 Å². The summed E-state index contributed by atoms with van der Waals surface area (Å²) in [6.07, 6.45) is 2.18. The van der Waals surface area contributed by atoms with Crippen LogP contribution in [-0.2, 0) is 16.0 Å². The maximum absolute atomic E-state index is 12.5. The highest BCUT2D eigenvalue weighted by molar-refractivity contribution is 5.95. The molecule has 0 N–H and O–H groups in total. The van der Waals surface area contributed by atoms with Crippen molar-refractivity contribution in [3.05, 3.63) is 23.7 Å². The van der Waals surface area contributed by atoms with Crippen LogP contribution < -0.4 is 0 Å². The zero-order valence-electron chi connectivity index (χ0n) is 13.1. The molecule has 5 nitrogen and oxygen atoms in total. The molecule has 2 heterocycles. The lowest BCUT2D eigenvalue weighted by atomic mass is 10.1. The van der Waals surface area contributed by atoms with Crippen molar-refractivity contribution in [2.45, 2.75) is 58.6 Å². The van der Waals surface area contributed by atoms with Gasteiger partial charge in [-0.1, -0.05) is 6.92 Å². The van der Waals surface area contributed by atoms with Gasteiger partial charge in [0.25, 0.3) is 5.91 Å². The Kier molecular flexibility index (Phi) is 4.40. The fourth-order valence-corrected chi connectivity index (χ4v) is 2.45. The van der Waals surface area contributed by atoms with E-state index in [1.54, 1.807) is 17.0 Å². The fourth-order valence-electron chi connectivity index (χ4n) is 2.45. The molecule has 1 saturated heterocycles. The van der Waals surface area contributed by atoms with Gasteiger partial charge < -0.3 is 14.1 Å². The Morgan fingerprint density at radius 3 is 2.67 bits per heavy atom. The van der Waals surface area contributed by atoms with Crippen LogP contribution in [-0.4, -0.2) is 35.0 Å². The number of hydrogen-bond acceptors (Lipinski definition) is 4. The van der Waals surface area contributed by atoms with Gasteiger partial charge in [0, 0.05) is 13.0 Å². The molecule has 5 heteroatoms. The maximum atomic E-state index is 12.5. The molecule has 1 aromatic rings. The molecule has 116 valence electrons. The van der Waals surface area contributed by atoms with Gasteiger partial charge in [-0.05, 0) is 45.7 Å². The number of likely N-dealkylation sites (tertiary alicyclic amines) is 1. The van der Waals surface area contributed by atoms with Gasteiger partial charge in [0.15, 0.2) is 5.76 Å². The number of carbonyl (C=O) groups excluding carboxylic acids is 2. The predicted octanol–water partition coefficient (Wildman–Crippen LogP) is 2.79.